The Hall–Kier alpha value is -3.23. The van der Waals surface area contributed by atoms with Crippen LogP contribution in [-0.2, 0) is 16.1 Å². The lowest BCUT2D eigenvalue weighted by atomic mass is 10.1. The molecule has 0 unspecified atom stereocenters. The van der Waals surface area contributed by atoms with E-state index in [2.05, 4.69) is 4.98 Å². The zero-order valence-electron chi connectivity index (χ0n) is 15.5. The van der Waals surface area contributed by atoms with E-state index in [1.807, 2.05) is 0 Å². The van der Waals surface area contributed by atoms with Gasteiger partial charge in [0.05, 0.1) is 26.9 Å². The van der Waals surface area contributed by atoms with E-state index in [0.717, 1.165) is 4.90 Å². The Labute approximate surface area is 179 Å². The molecule has 0 spiro atoms. The van der Waals surface area contributed by atoms with Crippen LogP contribution in [0, 0.1) is 0 Å². The normalized spacial score (nSPS) is 14.2. The van der Waals surface area contributed by atoms with Crippen molar-refractivity contribution in [2.24, 2.45) is 0 Å². The van der Waals surface area contributed by atoms with Gasteiger partial charge >= 0.3 is 5.97 Å². The average molecular weight is 446 g/mol. The van der Waals surface area contributed by atoms with Gasteiger partial charge in [0.15, 0.2) is 0 Å². The van der Waals surface area contributed by atoms with Crippen molar-refractivity contribution in [3.8, 4) is 0 Å². The van der Waals surface area contributed by atoms with Crippen LogP contribution < -0.4 is 5.56 Å². The molecule has 2 amide bonds. The van der Waals surface area contributed by atoms with E-state index in [-0.39, 0.29) is 39.0 Å². The molecule has 0 fully saturated rings. The molecule has 1 aromatic carbocycles. The van der Waals surface area contributed by atoms with Crippen LogP contribution >= 0.6 is 23.2 Å². The molecule has 30 heavy (non-hydrogen) atoms. The summed E-state index contributed by atoms with van der Waals surface area (Å²) < 4.78 is 6.55. The number of ether oxygens (including phenoxy) is 1. The Kier molecular flexibility index (Phi) is 5.05. The Balaban J connectivity index is 1.51. The number of rotatable bonds is 4. The summed E-state index contributed by atoms with van der Waals surface area (Å²) in [5, 5.41) is 0.254. The molecule has 2 aromatic heterocycles. The maximum Gasteiger partial charge on any atom is 0.329 e. The first-order valence-corrected chi connectivity index (χ1v) is 9.54. The first-order valence-electron chi connectivity index (χ1n) is 8.79. The number of amides is 2. The summed E-state index contributed by atoms with van der Waals surface area (Å²) in [7, 11) is 0. The summed E-state index contributed by atoms with van der Waals surface area (Å²) >= 11 is 11.9. The highest BCUT2D eigenvalue weighted by Gasteiger charge is 2.42. The standard InChI is InChI=1S/C20H13Cl2N3O5/c1-10(25-18(27)12-7-14(21)15(22)8-13(12)19(25)28)20(29)30-9-11-6-17(26)24-5-3-2-4-16(24)23-11/h2-8,10H,9H2,1H3/t10-/m1/s1. The molecule has 10 heteroatoms. The highest BCUT2D eigenvalue weighted by Crippen LogP contribution is 2.32. The number of halogens is 2. The fourth-order valence-corrected chi connectivity index (χ4v) is 3.48. The van der Waals surface area contributed by atoms with E-state index in [4.69, 9.17) is 27.9 Å². The van der Waals surface area contributed by atoms with Crippen molar-refractivity contribution in [1.82, 2.24) is 14.3 Å². The third-order valence-electron chi connectivity index (χ3n) is 4.67. The van der Waals surface area contributed by atoms with Crippen LogP contribution in [0.3, 0.4) is 0 Å². The van der Waals surface area contributed by atoms with E-state index >= 15 is 0 Å². The van der Waals surface area contributed by atoms with Crippen LogP contribution in [0.25, 0.3) is 5.65 Å². The van der Waals surface area contributed by atoms with Crippen LogP contribution in [0.5, 0.6) is 0 Å². The Morgan fingerprint density at radius 3 is 2.33 bits per heavy atom. The second kappa shape index (κ2) is 7.55. The molecule has 1 atom stereocenters. The van der Waals surface area contributed by atoms with Gasteiger partial charge in [0.25, 0.3) is 17.4 Å². The zero-order chi connectivity index (χ0) is 21.6. The maximum absolute atomic E-state index is 12.6. The number of esters is 1. The highest BCUT2D eigenvalue weighted by molar-refractivity contribution is 6.43. The molecule has 0 N–H and O–H groups in total. The van der Waals surface area contributed by atoms with E-state index in [1.54, 1.807) is 24.4 Å². The molecule has 152 valence electrons. The van der Waals surface area contributed by atoms with Gasteiger partial charge in [0.2, 0.25) is 0 Å². The lowest BCUT2D eigenvalue weighted by Gasteiger charge is -2.20. The van der Waals surface area contributed by atoms with Gasteiger partial charge < -0.3 is 4.74 Å². The summed E-state index contributed by atoms with van der Waals surface area (Å²) in [6.07, 6.45) is 1.57. The molecular weight excluding hydrogens is 433 g/mol. The second-order valence-corrected chi connectivity index (χ2v) is 7.40. The van der Waals surface area contributed by atoms with Crippen LogP contribution in [0.2, 0.25) is 10.0 Å². The minimum atomic E-state index is -1.20. The Morgan fingerprint density at radius 2 is 1.70 bits per heavy atom. The smallest absolute Gasteiger partial charge is 0.329 e. The van der Waals surface area contributed by atoms with E-state index < -0.39 is 23.8 Å². The summed E-state index contributed by atoms with van der Waals surface area (Å²) in [4.78, 5) is 54.9. The first-order chi connectivity index (χ1) is 14.3. The zero-order valence-corrected chi connectivity index (χ0v) is 17.0. The quantitative estimate of drug-likeness (QED) is 0.452. The molecule has 0 saturated heterocycles. The number of aromatic nitrogens is 2. The minimum absolute atomic E-state index is 0.0678. The summed E-state index contributed by atoms with van der Waals surface area (Å²) in [6, 6.07) is 7.70. The largest absolute Gasteiger partial charge is 0.458 e. The van der Waals surface area contributed by atoms with Crippen LogP contribution in [-0.4, -0.2) is 38.1 Å². The average Bonchev–Trinajstić information content (AvgIpc) is 2.96. The number of hydrogen-bond acceptors (Lipinski definition) is 6. The lowest BCUT2D eigenvalue weighted by Crippen LogP contribution is -2.43. The molecular formula is C20H13Cl2N3O5. The summed E-state index contributed by atoms with van der Waals surface area (Å²) in [5.74, 6) is -2.16. The molecule has 3 aromatic rings. The third kappa shape index (κ3) is 3.34. The first kappa shape index (κ1) is 20.1. The van der Waals surface area contributed by atoms with Crippen molar-refractivity contribution in [1.29, 1.82) is 0 Å². The molecule has 0 saturated carbocycles. The van der Waals surface area contributed by atoms with E-state index in [0.29, 0.717) is 5.65 Å². The van der Waals surface area contributed by atoms with Crippen LogP contribution in [0.4, 0.5) is 0 Å². The SMILES string of the molecule is C[C@H](C(=O)OCc1cc(=O)n2ccccc2n1)N1C(=O)c2cc(Cl)c(Cl)cc2C1=O. The monoisotopic (exact) mass is 445 g/mol. The number of nitrogens with zero attached hydrogens (tertiary/aromatic N) is 3. The number of hydrogen-bond donors (Lipinski definition) is 0. The van der Waals surface area contributed by atoms with Gasteiger partial charge in [0, 0.05) is 12.3 Å². The van der Waals surface area contributed by atoms with Crippen molar-refractivity contribution < 1.29 is 19.1 Å². The van der Waals surface area contributed by atoms with E-state index in [9.17, 15) is 19.2 Å². The van der Waals surface area contributed by atoms with Crippen LogP contribution in [0.15, 0.2) is 47.4 Å². The van der Waals surface area contributed by atoms with Crippen molar-refractivity contribution in [2.75, 3.05) is 0 Å². The second-order valence-electron chi connectivity index (χ2n) is 6.59. The number of imide groups is 1. The minimum Gasteiger partial charge on any atom is -0.458 e. The van der Waals surface area contributed by atoms with Crippen molar-refractivity contribution >= 4 is 46.6 Å². The fraction of sp³-hybridized carbons (Fsp3) is 0.150. The van der Waals surface area contributed by atoms with Crippen molar-refractivity contribution in [3.05, 3.63) is 79.8 Å². The molecule has 8 nitrogen and oxygen atoms in total. The van der Waals surface area contributed by atoms with Crippen LogP contribution in [0.1, 0.15) is 33.3 Å². The third-order valence-corrected chi connectivity index (χ3v) is 5.40. The van der Waals surface area contributed by atoms with Gasteiger partial charge in [-0.15, -0.1) is 0 Å². The molecule has 3 heterocycles. The van der Waals surface area contributed by atoms with Gasteiger partial charge in [-0.2, -0.15) is 0 Å². The number of fused-ring (bicyclic) bond motifs is 2. The van der Waals surface area contributed by atoms with Crippen molar-refractivity contribution in [3.63, 3.8) is 0 Å². The Morgan fingerprint density at radius 1 is 1.07 bits per heavy atom. The fourth-order valence-electron chi connectivity index (χ4n) is 3.15. The van der Waals surface area contributed by atoms with Gasteiger partial charge in [-0.3, -0.25) is 23.7 Å². The molecule has 1 aliphatic rings. The number of benzene rings is 1. The molecule has 0 bridgehead atoms. The number of carbonyl (C=O) groups excluding carboxylic acids is 3. The topological polar surface area (TPSA) is 98.1 Å². The van der Waals surface area contributed by atoms with E-state index in [1.165, 1.54) is 29.5 Å². The van der Waals surface area contributed by atoms with Gasteiger partial charge in [-0.25, -0.2) is 9.78 Å². The molecule has 0 aliphatic carbocycles. The van der Waals surface area contributed by atoms with Gasteiger partial charge in [-0.1, -0.05) is 29.3 Å². The predicted octanol–water partition coefficient (Wildman–Crippen LogP) is 2.73. The lowest BCUT2D eigenvalue weighted by molar-refractivity contribution is -0.149. The maximum atomic E-state index is 12.6. The molecule has 4 rings (SSSR count). The summed E-state index contributed by atoms with van der Waals surface area (Å²) in [6.45, 7) is 1.08. The molecule has 0 radical (unpaired) electrons. The molecule has 1 aliphatic heterocycles. The van der Waals surface area contributed by atoms with Gasteiger partial charge in [-0.05, 0) is 31.2 Å². The highest BCUT2D eigenvalue weighted by atomic mass is 35.5. The summed E-state index contributed by atoms with van der Waals surface area (Å²) in [5.41, 5.74) is 0.455. The van der Waals surface area contributed by atoms with Crippen molar-refractivity contribution in [2.45, 2.75) is 19.6 Å². The van der Waals surface area contributed by atoms with Gasteiger partial charge in [0.1, 0.15) is 18.3 Å². The number of carbonyl (C=O) groups is 3. The number of pyridine rings is 1. The Bertz CT molecular complexity index is 1250. The predicted molar refractivity (Wildman–Crippen MR) is 108 cm³/mol.